The molecular weight excluding hydrogens is 482 g/mol. The smallest absolute Gasteiger partial charge is 0.263 e. The standard InChI is InChI=1S/C15H13BrClIN2O2/c1-3-20(14-5-4-9(16)8-19-14)15(21)10-6-11(17)12(18)7-13(10)22-2/h4-8H,3H2,1-2H3. The number of pyridine rings is 1. The first-order valence-electron chi connectivity index (χ1n) is 6.44. The van der Waals surface area contributed by atoms with Crippen molar-refractivity contribution in [3.63, 3.8) is 0 Å². The molecule has 2 rings (SSSR count). The maximum absolute atomic E-state index is 12.8. The highest BCUT2D eigenvalue weighted by molar-refractivity contribution is 14.1. The van der Waals surface area contributed by atoms with E-state index >= 15 is 0 Å². The van der Waals surface area contributed by atoms with Crippen LogP contribution >= 0.6 is 50.1 Å². The van der Waals surface area contributed by atoms with Gasteiger partial charge in [-0.25, -0.2) is 4.98 Å². The number of rotatable bonds is 4. The van der Waals surface area contributed by atoms with Crippen LogP contribution in [-0.2, 0) is 0 Å². The molecule has 2 aromatic rings. The number of amides is 1. The molecule has 0 N–H and O–H groups in total. The fourth-order valence-corrected chi connectivity index (χ4v) is 2.78. The van der Waals surface area contributed by atoms with Gasteiger partial charge in [0, 0.05) is 20.8 Å². The summed E-state index contributed by atoms with van der Waals surface area (Å²) in [4.78, 5) is 18.7. The Bertz CT molecular complexity index is 695. The largest absolute Gasteiger partial charge is 0.496 e. The highest BCUT2D eigenvalue weighted by atomic mass is 127. The second-order valence-corrected chi connectivity index (χ2v) is 6.84. The molecule has 0 unspecified atom stereocenters. The number of ether oxygens (including phenoxy) is 1. The fraction of sp³-hybridized carbons (Fsp3) is 0.200. The lowest BCUT2D eigenvalue weighted by Gasteiger charge is -2.21. The number of methoxy groups -OCH3 is 1. The number of carbonyl (C=O) groups is 1. The van der Waals surface area contributed by atoms with E-state index in [0.29, 0.717) is 28.7 Å². The Morgan fingerprint density at radius 1 is 1.45 bits per heavy atom. The Morgan fingerprint density at radius 2 is 2.18 bits per heavy atom. The first kappa shape index (κ1) is 17.5. The van der Waals surface area contributed by atoms with Crippen molar-refractivity contribution in [2.75, 3.05) is 18.6 Å². The Hall–Kier alpha value is -0.860. The Morgan fingerprint density at radius 3 is 2.73 bits per heavy atom. The SMILES string of the molecule is CCN(C(=O)c1cc(Cl)c(I)cc1OC)c1ccc(Br)cn1. The molecule has 0 aliphatic carbocycles. The molecule has 0 radical (unpaired) electrons. The van der Waals surface area contributed by atoms with Crippen LogP contribution in [0.2, 0.25) is 5.02 Å². The fourth-order valence-electron chi connectivity index (χ4n) is 1.95. The van der Waals surface area contributed by atoms with Gasteiger partial charge in [0.15, 0.2) is 0 Å². The first-order valence-corrected chi connectivity index (χ1v) is 8.69. The summed E-state index contributed by atoms with van der Waals surface area (Å²) in [5.41, 5.74) is 0.416. The number of anilines is 1. The lowest BCUT2D eigenvalue weighted by Crippen LogP contribution is -2.31. The van der Waals surface area contributed by atoms with Gasteiger partial charge >= 0.3 is 0 Å². The van der Waals surface area contributed by atoms with Gasteiger partial charge in [0.05, 0.1) is 17.7 Å². The van der Waals surface area contributed by atoms with Crippen molar-refractivity contribution in [3.8, 4) is 5.75 Å². The lowest BCUT2D eigenvalue weighted by molar-refractivity contribution is 0.0984. The third-order valence-electron chi connectivity index (χ3n) is 3.02. The number of nitrogens with zero attached hydrogens (tertiary/aromatic N) is 2. The number of aromatic nitrogens is 1. The average Bonchev–Trinajstić information content (AvgIpc) is 2.52. The minimum Gasteiger partial charge on any atom is -0.496 e. The molecule has 0 spiro atoms. The first-order chi connectivity index (χ1) is 10.5. The Labute approximate surface area is 156 Å². The van der Waals surface area contributed by atoms with Crippen molar-refractivity contribution in [1.29, 1.82) is 0 Å². The predicted molar refractivity (Wildman–Crippen MR) is 100 cm³/mol. The van der Waals surface area contributed by atoms with Crippen LogP contribution in [0, 0.1) is 3.57 Å². The molecule has 1 heterocycles. The number of hydrogen-bond donors (Lipinski definition) is 0. The van der Waals surface area contributed by atoms with Crippen molar-refractivity contribution < 1.29 is 9.53 Å². The maximum Gasteiger partial charge on any atom is 0.263 e. The van der Waals surface area contributed by atoms with Crippen LogP contribution in [0.4, 0.5) is 5.82 Å². The van der Waals surface area contributed by atoms with Crippen molar-refractivity contribution in [3.05, 3.63) is 49.1 Å². The quantitative estimate of drug-likeness (QED) is 0.574. The monoisotopic (exact) mass is 494 g/mol. The molecule has 1 amide bonds. The number of carbonyl (C=O) groups excluding carboxylic acids is 1. The van der Waals surface area contributed by atoms with E-state index in [1.165, 1.54) is 7.11 Å². The van der Waals surface area contributed by atoms with Crippen molar-refractivity contribution in [1.82, 2.24) is 4.98 Å². The molecule has 7 heteroatoms. The zero-order valence-electron chi connectivity index (χ0n) is 11.9. The number of benzene rings is 1. The van der Waals surface area contributed by atoms with Gasteiger partial charge < -0.3 is 4.74 Å². The zero-order chi connectivity index (χ0) is 16.3. The zero-order valence-corrected chi connectivity index (χ0v) is 16.4. The topological polar surface area (TPSA) is 42.4 Å². The third kappa shape index (κ3) is 3.72. The molecule has 0 fully saturated rings. The summed E-state index contributed by atoms with van der Waals surface area (Å²) >= 11 is 11.6. The summed E-state index contributed by atoms with van der Waals surface area (Å²) < 4.78 is 7.00. The average molecular weight is 496 g/mol. The van der Waals surface area contributed by atoms with Crippen LogP contribution < -0.4 is 9.64 Å². The van der Waals surface area contributed by atoms with Gasteiger partial charge in [0.1, 0.15) is 11.6 Å². The van der Waals surface area contributed by atoms with Crippen LogP contribution in [0.25, 0.3) is 0 Å². The van der Waals surface area contributed by atoms with Gasteiger partial charge in [-0.05, 0) is 69.7 Å². The molecule has 1 aromatic carbocycles. The highest BCUT2D eigenvalue weighted by Crippen LogP contribution is 2.30. The van der Waals surface area contributed by atoms with Crippen LogP contribution in [0.3, 0.4) is 0 Å². The summed E-state index contributed by atoms with van der Waals surface area (Å²) in [6.45, 7) is 2.38. The predicted octanol–water partition coefficient (Wildman–Crippen LogP) is 4.78. The molecule has 4 nitrogen and oxygen atoms in total. The van der Waals surface area contributed by atoms with E-state index in [1.54, 1.807) is 29.3 Å². The van der Waals surface area contributed by atoms with Crippen molar-refractivity contribution in [2.24, 2.45) is 0 Å². The molecule has 0 saturated carbocycles. The van der Waals surface area contributed by atoms with Crippen molar-refractivity contribution in [2.45, 2.75) is 6.92 Å². The highest BCUT2D eigenvalue weighted by Gasteiger charge is 2.22. The summed E-state index contributed by atoms with van der Waals surface area (Å²) in [5.74, 6) is 0.870. The molecule has 0 bridgehead atoms. The summed E-state index contributed by atoms with van der Waals surface area (Å²) in [6, 6.07) is 7.01. The van der Waals surface area contributed by atoms with E-state index in [0.717, 1.165) is 8.04 Å². The van der Waals surface area contributed by atoms with E-state index in [4.69, 9.17) is 16.3 Å². The van der Waals surface area contributed by atoms with Gasteiger partial charge in [0.25, 0.3) is 5.91 Å². The van der Waals surface area contributed by atoms with E-state index in [1.807, 2.05) is 13.0 Å². The van der Waals surface area contributed by atoms with E-state index in [2.05, 4.69) is 43.5 Å². The lowest BCUT2D eigenvalue weighted by atomic mass is 10.1. The molecule has 0 aliphatic rings. The third-order valence-corrected chi connectivity index (χ3v) is 5.02. The minimum atomic E-state index is -0.201. The van der Waals surface area contributed by atoms with Gasteiger partial charge in [-0.2, -0.15) is 0 Å². The molecule has 0 saturated heterocycles. The van der Waals surface area contributed by atoms with Crippen LogP contribution in [0.1, 0.15) is 17.3 Å². The van der Waals surface area contributed by atoms with Gasteiger partial charge in [-0.1, -0.05) is 11.6 Å². The van der Waals surface area contributed by atoms with E-state index < -0.39 is 0 Å². The molecule has 22 heavy (non-hydrogen) atoms. The molecular formula is C15H13BrClIN2O2. The Kier molecular flexibility index (Phi) is 6.05. The van der Waals surface area contributed by atoms with E-state index in [9.17, 15) is 4.79 Å². The molecule has 0 atom stereocenters. The van der Waals surface area contributed by atoms with Crippen LogP contribution in [-0.4, -0.2) is 24.5 Å². The second kappa shape index (κ2) is 7.61. The van der Waals surface area contributed by atoms with Gasteiger partial charge in [0.2, 0.25) is 0 Å². The minimum absolute atomic E-state index is 0.201. The Balaban J connectivity index is 2.44. The summed E-state index contributed by atoms with van der Waals surface area (Å²) in [6.07, 6.45) is 1.66. The summed E-state index contributed by atoms with van der Waals surface area (Å²) in [7, 11) is 1.53. The van der Waals surface area contributed by atoms with Crippen LogP contribution in [0.15, 0.2) is 34.9 Å². The van der Waals surface area contributed by atoms with E-state index in [-0.39, 0.29) is 5.91 Å². The number of halogens is 3. The second-order valence-electron chi connectivity index (χ2n) is 4.35. The number of hydrogen-bond acceptors (Lipinski definition) is 3. The van der Waals surface area contributed by atoms with Gasteiger partial charge in [-0.15, -0.1) is 0 Å². The van der Waals surface area contributed by atoms with Crippen molar-refractivity contribution >= 4 is 61.8 Å². The molecule has 0 aliphatic heterocycles. The van der Waals surface area contributed by atoms with Crippen LogP contribution in [0.5, 0.6) is 5.75 Å². The normalized spacial score (nSPS) is 10.4. The maximum atomic E-state index is 12.8. The van der Waals surface area contributed by atoms with Gasteiger partial charge in [-0.3, -0.25) is 9.69 Å². The summed E-state index contributed by atoms with van der Waals surface area (Å²) in [5, 5.41) is 0.518. The molecule has 1 aromatic heterocycles. The molecule has 116 valence electrons.